The lowest BCUT2D eigenvalue weighted by Gasteiger charge is -2.27. The van der Waals surface area contributed by atoms with Crippen LogP contribution in [0.4, 0.5) is 5.69 Å². The number of aliphatic hydroxyl groups excluding tert-OH is 2. The summed E-state index contributed by atoms with van der Waals surface area (Å²) in [5.41, 5.74) is 7.38. The summed E-state index contributed by atoms with van der Waals surface area (Å²) in [4.78, 5) is 4.41. The molecule has 0 amide bonds. The predicted molar refractivity (Wildman–Crippen MR) is 71.0 cm³/mol. The van der Waals surface area contributed by atoms with Crippen molar-refractivity contribution in [2.75, 3.05) is 12.3 Å². The molecule has 1 aromatic heterocycles. The van der Waals surface area contributed by atoms with Gasteiger partial charge in [0.1, 0.15) is 11.9 Å². The molecular weight excluding hydrogens is 230 g/mol. The fourth-order valence-corrected chi connectivity index (χ4v) is 1.92. The van der Waals surface area contributed by atoms with Crippen LogP contribution in [-0.2, 0) is 7.05 Å². The van der Waals surface area contributed by atoms with E-state index in [1.165, 1.54) is 0 Å². The third-order valence-corrected chi connectivity index (χ3v) is 3.33. The van der Waals surface area contributed by atoms with Crippen molar-refractivity contribution in [3.63, 3.8) is 0 Å². The van der Waals surface area contributed by atoms with E-state index in [1.54, 1.807) is 26.0 Å². The first kappa shape index (κ1) is 12.9. The lowest BCUT2D eigenvalue weighted by Crippen LogP contribution is -2.28. The van der Waals surface area contributed by atoms with Crippen molar-refractivity contribution in [1.29, 1.82) is 0 Å². The molecule has 0 aliphatic heterocycles. The lowest BCUT2D eigenvalue weighted by atomic mass is 9.87. The molecule has 0 saturated carbocycles. The normalized spacial score (nSPS) is 14.1. The Morgan fingerprint density at radius 3 is 2.72 bits per heavy atom. The molecule has 2 rings (SSSR count). The molecule has 1 heterocycles. The second kappa shape index (κ2) is 4.26. The summed E-state index contributed by atoms with van der Waals surface area (Å²) in [5.74, 6) is 0.537. The summed E-state index contributed by atoms with van der Waals surface area (Å²) in [6, 6.07) is 5.45. The van der Waals surface area contributed by atoms with Crippen LogP contribution in [0.5, 0.6) is 0 Å². The van der Waals surface area contributed by atoms with Crippen LogP contribution in [0.2, 0.25) is 0 Å². The zero-order valence-electron chi connectivity index (χ0n) is 10.9. The van der Waals surface area contributed by atoms with Crippen LogP contribution in [-0.4, -0.2) is 26.4 Å². The van der Waals surface area contributed by atoms with E-state index in [4.69, 9.17) is 5.73 Å². The van der Waals surface area contributed by atoms with Gasteiger partial charge in [0.25, 0.3) is 0 Å². The number of nitrogen functional groups attached to an aromatic ring is 1. The van der Waals surface area contributed by atoms with Gasteiger partial charge in [-0.25, -0.2) is 4.98 Å². The molecule has 4 N–H and O–H groups in total. The van der Waals surface area contributed by atoms with Crippen molar-refractivity contribution >= 4 is 16.7 Å². The molecular formula is C13H19N3O2. The summed E-state index contributed by atoms with van der Waals surface area (Å²) in [5, 5.41) is 19.6. The molecule has 0 fully saturated rings. The van der Waals surface area contributed by atoms with Gasteiger partial charge in [-0.3, -0.25) is 0 Å². The Hall–Kier alpha value is -1.59. The topological polar surface area (TPSA) is 84.3 Å². The minimum absolute atomic E-state index is 0.112. The van der Waals surface area contributed by atoms with Crippen molar-refractivity contribution in [3.8, 4) is 0 Å². The number of imidazole rings is 1. The summed E-state index contributed by atoms with van der Waals surface area (Å²) < 4.78 is 1.83. The number of fused-ring (bicyclic) bond motifs is 1. The smallest absolute Gasteiger partial charge is 0.139 e. The first-order valence-electron chi connectivity index (χ1n) is 5.87. The number of rotatable bonds is 3. The fraction of sp³-hybridized carbons (Fsp3) is 0.462. The van der Waals surface area contributed by atoms with Crippen LogP contribution in [0, 0.1) is 5.41 Å². The fourth-order valence-electron chi connectivity index (χ4n) is 1.92. The van der Waals surface area contributed by atoms with Gasteiger partial charge >= 0.3 is 0 Å². The molecule has 0 bridgehead atoms. The van der Waals surface area contributed by atoms with E-state index in [0.29, 0.717) is 11.5 Å². The van der Waals surface area contributed by atoms with Crippen LogP contribution in [0.3, 0.4) is 0 Å². The molecule has 0 radical (unpaired) electrons. The van der Waals surface area contributed by atoms with Crippen molar-refractivity contribution < 1.29 is 10.2 Å². The van der Waals surface area contributed by atoms with Gasteiger partial charge < -0.3 is 20.5 Å². The third kappa shape index (κ3) is 1.95. The number of hydrogen-bond acceptors (Lipinski definition) is 4. The Bertz CT molecular complexity index is 575. The number of nitrogens with two attached hydrogens (primary N) is 1. The second-order valence-corrected chi connectivity index (χ2v) is 5.33. The first-order valence-corrected chi connectivity index (χ1v) is 5.87. The quantitative estimate of drug-likeness (QED) is 0.714. The summed E-state index contributed by atoms with van der Waals surface area (Å²) >= 11 is 0. The van der Waals surface area contributed by atoms with Gasteiger partial charge in [-0.05, 0) is 18.2 Å². The van der Waals surface area contributed by atoms with Gasteiger partial charge in [0.2, 0.25) is 0 Å². The molecule has 0 saturated heterocycles. The molecule has 0 aliphatic carbocycles. The van der Waals surface area contributed by atoms with Gasteiger partial charge in [-0.1, -0.05) is 13.8 Å². The number of aromatic nitrogens is 2. The van der Waals surface area contributed by atoms with Crippen LogP contribution < -0.4 is 5.73 Å². The van der Waals surface area contributed by atoms with Gasteiger partial charge in [-0.2, -0.15) is 0 Å². The number of hydrogen-bond donors (Lipinski definition) is 3. The molecule has 98 valence electrons. The maximum absolute atomic E-state index is 10.3. The highest BCUT2D eigenvalue weighted by atomic mass is 16.3. The van der Waals surface area contributed by atoms with Gasteiger partial charge in [0.15, 0.2) is 0 Å². The first-order chi connectivity index (χ1) is 8.36. The van der Waals surface area contributed by atoms with E-state index >= 15 is 0 Å². The molecule has 2 aromatic rings. The van der Waals surface area contributed by atoms with Gasteiger partial charge in [-0.15, -0.1) is 0 Å². The van der Waals surface area contributed by atoms with Gasteiger partial charge in [0.05, 0.1) is 17.6 Å². The predicted octanol–water partition coefficient (Wildman–Crippen LogP) is 1.21. The van der Waals surface area contributed by atoms with Crippen molar-refractivity contribution in [2.45, 2.75) is 20.0 Å². The standard InChI is InChI=1S/C13H19N3O2/c1-13(2,7-17)11(18)12-15-9-6-8(14)4-5-10(9)16(12)3/h4-6,11,17-18H,7,14H2,1-3H3. The molecule has 0 spiro atoms. The largest absolute Gasteiger partial charge is 0.399 e. The van der Waals surface area contributed by atoms with E-state index in [2.05, 4.69) is 4.98 Å². The van der Waals surface area contributed by atoms with Gasteiger partial charge in [0, 0.05) is 18.2 Å². The maximum atomic E-state index is 10.3. The zero-order valence-corrected chi connectivity index (χ0v) is 10.9. The van der Waals surface area contributed by atoms with Crippen LogP contribution in [0.1, 0.15) is 25.8 Å². The van der Waals surface area contributed by atoms with E-state index in [1.807, 2.05) is 17.7 Å². The highest BCUT2D eigenvalue weighted by Crippen LogP contribution is 2.33. The number of nitrogens with zero attached hydrogens (tertiary/aromatic N) is 2. The molecule has 5 nitrogen and oxygen atoms in total. The highest BCUT2D eigenvalue weighted by Gasteiger charge is 2.32. The Balaban J connectivity index is 2.55. The van der Waals surface area contributed by atoms with E-state index in [9.17, 15) is 10.2 Å². The minimum Gasteiger partial charge on any atom is -0.399 e. The summed E-state index contributed by atoms with van der Waals surface area (Å²) in [6.07, 6.45) is -0.832. The monoisotopic (exact) mass is 249 g/mol. The SMILES string of the molecule is Cn1c(C(O)C(C)(C)CO)nc2cc(N)ccc21. The number of benzene rings is 1. The number of aliphatic hydroxyl groups is 2. The zero-order chi connectivity index (χ0) is 13.5. The lowest BCUT2D eigenvalue weighted by molar-refractivity contribution is -0.000463. The Morgan fingerprint density at radius 1 is 1.44 bits per heavy atom. The van der Waals surface area contributed by atoms with Crippen molar-refractivity contribution in [3.05, 3.63) is 24.0 Å². The average molecular weight is 249 g/mol. The number of anilines is 1. The Morgan fingerprint density at radius 2 is 2.11 bits per heavy atom. The van der Waals surface area contributed by atoms with Crippen LogP contribution in [0.25, 0.3) is 11.0 Å². The Labute approximate surface area is 106 Å². The van der Waals surface area contributed by atoms with E-state index in [0.717, 1.165) is 11.0 Å². The van der Waals surface area contributed by atoms with Crippen LogP contribution >= 0.6 is 0 Å². The molecule has 0 aliphatic rings. The van der Waals surface area contributed by atoms with Crippen molar-refractivity contribution in [2.24, 2.45) is 12.5 Å². The van der Waals surface area contributed by atoms with E-state index < -0.39 is 11.5 Å². The second-order valence-electron chi connectivity index (χ2n) is 5.33. The number of aryl methyl sites for hydroxylation is 1. The summed E-state index contributed by atoms with van der Waals surface area (Å²) in [7, 11) is 1.84. The van der Waals surface area contributed by atoms with Crippen molar-refractivity contribution in [1.82, 2.24) is 9.55 Å². The molecule has 1 aromatic carbocycles. The summed E-state index contributed by atoms with van der Waals surface area (Å²) in [6.45, 7) is 3.48. The van der Waals surface area contributed by atoms with E-state index in [-0.39, 0.29) is 6.61 Å². The average Bonchev–Trinajstić information content (AvgIpc) is 2.65. The molecule has 1 unspecified atom stereocenters. The maximum Gasteiger partial charge on any atom is 0.139 e. The highest BCUT2D eigenvalue weighted by molar-refractivity contribution is 5.79. The Kier molecular flexibility index (Phi) is 3.04. The molecule has 1 atom stereocenters. The molecule has 18 heavy (non-hydrogen) atoms. The van der Waals surface area contributed by atoms with Crippen LogP contribution in [0.15, 0.2) is 18.2 Å². The molecule has 5 heteroatoms. The third-order valence-electron chi connectivity index (χ3n) is 3.33. The minimum atomic E-state index is -0.832.